The zero-order valence-corrected chi connectivity index (χ0v) is 17.0. The number of methoxy groups -OCH3 is 2. The van der Waals surface area contributed by atoms with Crippen LogP contribution in [0.1, 0.15) is 12.5 Å². The second kappa shape index (κ2) is 11.0. The van der Waals surface area contributed by atoms with Gasteiger partial charge in [-0.2, -0.15) is 0 Å². The van der Waals surface area contributed by atoms with Crippen LogP contribution in [-0.2, 0) is 14.2 Å². The molecule has 0 unspecified atom stereocenters. The zero-order valence-electron chi connectivity index (χ0n) is 17.0. The number of carbonyl (C=O) groups excluding carboxylic acids is 2. The Morgan fingerprint density at radius 2 is 1.76 bits per heavy atom. The molecule has 0 radical (unpaired) electrons. The van der Waals surface area contributed by atoms with Crippen molar-refractivity contribution in [3.63, 3.8) is 0 Å². The number of amides is 2. The Morgan fingerprint density at radius 3 is 2.38 bits per heavy atom. The molecule has 0 aliphatic rings. The van der Waals surface area contributed by atoms with E-state index in [0.29, 0.717) is 11.4 Å². The maximum absolute atomic E-state index is 12.9. The van der Waals surface area contributed by atoms with E-state index in [9.17, 15) is 9.59 Å². The van der Waals surface area contributed by atoms with Gasteiger partial charge in [-0.25, -0.2) is 9.59 Å². The molecule has 0 spiro atoms. The highest BCUT2D eigenvalue weighted by atomic mass is 16.7. The summed E-state index contributed by atoms with van der Waals surface area (Å²) < 4.78 is 20.8. The number of carbonyl (C=O) groups is 2. The van der Waals surface area contributed by atoms with Crippen molar-refractivity contribution in [1.82, 2.24) is 0 Å². The van der Waals surface area contributed by atoms with Crippen LogP contribution in [0.3, 0.4) is 0 Å². The zero-order chi connectivity index (χ0) is 21.2. The largest absolute Gasteiger partial charge is 0.450 e. The van der Waals surface area contributed by atoms with E-state index in [4.69, 9.17) is 18.9 Å². The molecule has 0 aliphatic carbocycles. The van der Waals surface area contributed by atoms with Gasteiger partial charge < -0.3 is 18.9 Å². The van der Waals surface area contributed by atoms with Crippen LogP contribution in [0.25, 0.3) is 0 Å². The fourth-order valence-electron chi connectivity index (χ4n) is 2.48. The first kappa shape index (κ1) is 22.2. The van der Waals surface area contributed by atoms with Gasteiger partial charge >= 0.3 is 12.2 Å². The van der Waals surface area contributed by atoms with Crippen LogP contribution in [0.15, 0.2) is 48.5 Å². The summed E-state index contributed by atoms with van der Waals surface area (Å²) in [6, 6.07) is 13.9. The van der Waals surface area contributed by atoms with Gasteiger partial charge in [0.05, 0.1) is 13.2 Å². The number of hydrogen-bond donors (Lipinski definition) is 1. The van der Waals surface area contributed by atoms with Gasteiger partial charge in [0.15, 0.2) is 6.29 Å². The van der Waals surface area contributed by atoms with E-state index in [1.165, 1.54) is 25.2 Å². The standard InChI is InChI=1S/C21H26N2O6/c1-5-28-20(24)22-16-7-6-8-18(13-16)29-21(25)23(14-19(26-3)27-4)17-11-9-15(2)10-12-17/h6-13,19H,5,14H2,1-4H3,(H,22,24). The molecule has 2 rings (SSSR count). The fraction of sp³-hybridized carbons (Fsp3) is 0.333. The topological polar surface area (TPSA) is 86.3 Å². The molecule has 2 aromatic rings. The molecule has 1 N–H and O–H groups in total. The minimum Gasteiger partial charge on any atom is -0.450 e. The van der Waals surface area contributed by atoms with Crippen molar-refractivity contribution < 1.29 is 28.5 Å². The van der Waals surface area contributed by atoms with Gasteiger partial charge in [-0.3, -0.25) is 10.2 Å². The third-order valence-electron chi connectivity index (χ3n) is 3.98. The number of nitrogens with zero attached hydrogens (tertiary/aromatic N) is 1. The quantitative estimate of drug-likeness (QED) is 0.667. The van der Waals surface area contributed by atoms with Crippen molar-refractivity contribution in [2.45, 2.75) is 20.1 Å². The lowest BCUT2D eigenvalue weighted by molar-refractivity contribution is -0.0943. The van der Waals surface area contributed by atoms with Gasteiger partial charge in [-0.1, -0.05) is 23.8 Å². The number of benzene rings is 2. The maximum atomic E-state index is 12.9. The van der Waals surface area contributed by atoms with Gasteiger partial charge in [-0.15, -0.1) is 0 Å². The molecule has 0 aromatic heterocycles. The second-order valence-corrected chi connectivity index (χ2v) is 6.09. The monoisotopic (exact) mass is 402 g/mol. The summed E-state index contributed by atoms with van der Waals surface area (Å²) in [6.45, 7) is 4.06. The average molecular weight is 402 g/mol. The summed E-state index contributed by atoms with van der Waals surface area (Å²) in [5.41, 5.74) is 2.15. The summed E-state index contributed by atoms with van der Waals surface area (Å²) in [4.78, 5) is 25.9. The smallest absolute Gasteiger partial charge is 0.419 e. The summed E-state index contributed by atoms with van der Waals surface area (Å²) >= 11 is 0. The third kappa shape index (κ3) is 6.78. The molecule has 0 aliphatic heterocycles. The van der Waals surface area contributed by atoms with Crippen LogP contribution in [-0.4, -0.2) is 45.8 Å². The summed E-state index contributed by atoms with van der Waals surface area (Å²) in [6.07, 6.45) is -1.82. The second-order valence-electron chi connectivity index (χ2n) is 6.09. The predicted molar refractivity (Wildman–Crippen MR) is 109 cm³/mol. The molecule has 0 bridgehead atoms. The Kier molecular flexibility index (Phi) is 8.45. The Bertz CT molecular complexity index is 805. The summed E-state index contributed by atoms with van der Waals surface area (Å²) in [7, 11) is 2.99. The molecule has 0 atom stereocenters. The van der Waals surface area contributed by atoms with Gasteiger partial charge in [0.1, 0.15) is 5.75 Å². The first-order chi connectivity index (χ1) is 14.0. The van der Waals surface area contributed by atoms with E-state index < -0.39 is 18.5 Å². The van der Waals surface area contributed by atoms with Crippen LogP contribution in [0.5, 0.6) is 5.75 Å². The Labute approximate surface area is 170 Å². The van der Waals surface area contributed by atoms with E-state index >= 15 is 0 Å². The molecule has 29 heavy (non-hydrogen) atoms. The SMILES string of the molecule is CCOC(=O)Nc1cccc(OC(=O)N(CC(OC)OC)c2ccc(C)cc2)c1. The number of anilines is 2. The molecular weight excluding hydrogens is 376 g/mol. The number of aryl methyl sites for hydroxylation is 1. The lowest BCUT2D eigenvalue weighted by Crippen LogP contribution is -2.40. The van der Waals surface area contributed by atoms with Crippen molar-refractivity contribution in [1.29, 1.82) is 0 Å². The van der Waals surface area contributed by atoms with E-state index in [0.717, 1.165) is 5.56 Å². The summed E-state index contributed by atoms with van der Waals surface area (Å²) in [5.74, 6) is 0.271. The van der Waals surface area contributed by atoms with E-state index in [1.807, 2.05) is 31.2 Å². The molecule has 8 heteroatoms. The van der Waals surface area contributed by atoms with Gasteiger partial charge in [0.25, 0.3) is 0 Å². The van der Waals surface area contributed by atoms with Crippen molar-refractivity contribution in [3.8, 4) is 5.75 Å². The first-order valence-electron chi connectivity index (χ1n) is 9.12. The van der Waals surface area contributed by atoms with Crippen LogP contribution >= 0.6 is 0 Å². The van der Waals surface area contributed by atoms with Crippen LogP contribution < -0.4 is 15.0 Å². The highest BCUT2D eigenvalue weighted by Gasteiger charge is 2.22. The molecule has 0 fully saturated rings. The molecule has 156 valence electrons. The fourth-order valence-corrected chi connectivity index (χ4v) is 2.48. The van der Waals surface area contributed by atoms with Crippen molar-refractivity contribution in [2.75, 3.05) is 37.6 Å². The number of hydrogen-bond acceptors (Lipinski definition) is 6. The molecule has 0 saturated carbocycles. The lowest BCUT2D eigenvalue weighted by atomic mass is 10.2. The van der Waals surface area contributed by atoms with E-state index in [-0.39, 0.29) is 18.9 Å². The van der Waals surface area contributed by atoms with Crippen LogP contribution in [0, 0.1) is 6.92 Å². The minimum absolute atomic E-state index is 0.135. The molecular formula is C21H26N2O6. The molecule has 0 saturated heterocycles. The van der Waals surface area contributed by atoms with E-state index in [1.54, 1.807) is 25.1 Å². The van der Waals surface area contributed by atoms with Gasteiger partial charge in [0, 0.05) is 31.7 Å². The Morgan fingerprint density at radius 1 is 1.07 bits per heavy atom. The Balaban J connectivity index is 2.18. The highest BCUT2D eigenvalue weighted by Crippen LogP contribution is 2.22. The molecule has 2 amide bonds. The normalized spacial score (nSPS) is 10.5. The van der Waals surface area contributed by atoms with Crippen LogP contribution in [0.2, 0.25) is 0 Å². The van der Waals surface area contributed by atoms with Crippen LogP contribution in [0.4, 0.5) is 21.0 Å². The lowest BCUT2D eigenvalue weighted by Gasteiger charge is -2.25. The third-order valence-corrected chi connectivity index (χ3v) is 3.98. The number of nitrogens with one attached hydrogen (secondary N) is 1. The van der Waals surface area contributed by atoms with Gasteiger partial charge in [-0.05, 0) is 38.1 Å². The van der Waals surface area contributed by atoms with Crippen molar-refractivity contribution >= 4 is 23.6 Å². The minimum atomic E-state index is -0.624. The molecule has 0 heterocycles. The Hall–Kier alpha value is -3.10. The number of ether oxygens (including phenoxy) is 4. The highest BCUT2D eigenvalue weighted by molar-refractivity contribution is 5.90. The average Bonchev–Trinajstić information content (AvgIpc) is 2.70. The predicted octanol–water partition coefficient (Wildman–Crippen LogP) is 4.19. The van der Waals surface area contributed by atoms with Gasteiger partial charge in [0.2, 0.25) is 0 Å². The van der Waals surface area contributed by atoms with E-state index in [2.05, 4.69) is 5.32 Å². The molecule has 8 nitrogen and oxygen atoms in total. The summed E-state index contributed by atoms with van der Waals surface area (Å²) in [5, 5.41) is 2.57. The first-order valence-corrected chi connectivity index (χ1v) is 9.12. The van der Waals surface area contributed by atoms with Crippen molar-refractivity contribution in [2.24, 2.45) is 0 Å². The van der Waals surface area contributed by atoms with Crippen molar-refractivity contribution in [3.05, 3.63) is 54.1 Å². The maximum Gasteiger partial charge on any atom is 0.419 e. The molecule has 2 aromatic carbocycles. The number of rotatable bonds is 8.